The topological polar surface area (TPSA) is 92.9 Å². The Labute approximate surface area is 124 Å². The van der Waals surface area contributed by atoms with Crippen LogP contribution in [0.15, 0.2) is 35.7 Å². The van der Waals surface area contributed by atoms with Gasteiger partial charge in [0.1, 0.15) is 5.69 Å². The van der Waals surface area contributed by atoms with Crippen LogP contribution in [0.3, 0.4) is 0 Å². The smallest absolute Gasteiger partial charge is 0.352 e. The minimum absolute atomic E-state index is 0.140. The predicted molar refractivity (Wildman–Crippen MR) is 73.3 cm³/mol. The lowest BCUT2D eigenvalue weighted by Crippen LogP contribution is -2.31. The van der Waals surface area contributed by atoms with E-state index in [9.17, 15) is 18.0 Å². The van der Waals surface area contributed by atoms with E-state index >= 15 is 0 Å². The molecule has 2 rings (SSSR count). The molecule has 22 heavy (non-hydrogen) atoms. The van der Waals surface area contributed by atoms with Crippen LogP contribution in [0, 0.1) is 6.42 Å². The third-order valence-corrected chi connectivity index (χ3v) is 2.71. The van der Waals surface area contributed by atoms with Crippen molar-refractivity contribution in [1.29, 1.82) is 0 Å². The van der Waals surface area contributed by atoms with Gasteiger partial charge in [-0.25, -0.2) is 14.8 Å². The summed E-state index contributed by atoms with van der Waals surface area (Å²) in [7, 11) is 0. The number of nitrogens with two attached hydrogens (primary N) is 1. The van der Waals surface area contributed by atoms with E-state index in [1.165, 1.54) is 0 Å². The average molecular weight is 312 g/mol. The molecule has 0 saturated carbocycles. The first-order chi connectivity index (χ1) is 10.3. The van der Waals surface area contributed by atoms with Gasteiger partial charge in [-0.1, -0.05) is 6.08 Å². The zero-order chi connectivity index (χ0) is 16.2. The molecule has 0 fully saturated rings. The summed E-state index contributed by atoms with van der Waals surface area (Å²) < 4.78 is 37.8. The Morgan fingerprint density at radius 3 is 2.86 bits per heavy atom. The molecule has 0 aromatic carbocycles. The molecule has 1 aromatic rings. The maximum Gasteiger partial charge on any atom is 0.433 e. The van der Waals surface area contributed by atoms with Gasteiger partial charge in [0, 0.05) is 18.4 Å². The van der Waals surface area contributed by atoms with Crippen LogP contribution in [-0.4, -0.2) is 22.5 Å². The van der Waals surface area contributed by atoms with Crippen molar-refractivity contribution in [3.05, 3.63) is 47.8 Å². The second kappa shape index (κ2) is 6.46. The van der Waals surface area contributed by atoms with Gasteiger partial charge in [0.2, 0.25) is 5.95 Å². The van der Waals surface area contributed by atoms with Crippen LogP contribution in [0.1, 0.15) is 12.1 Å². The summed E-state index contributed by atoms with van der Waals surface area (Å²) in [6.07, 6.45) is 2.28. The zero-order valence-corrected chi connectivity index (χ0v) is 11.3. The number of aromatic nitrogens is 2. The first-order valence-electron chi connectivity index (χ1n) is 6.28. The fourth-order valence-electron chi connectivity index (χ4n) is 1.77. The van der Waals surface area contributed by atoms with Crippen LogP contribution in [0.5, 0.6) is 0 Å². The molecule has 1 heterocycles. The molecule has 1 aliphatic carbocycles. The molecule has 0 atom stereocenters. The number of hydrogen-bond donors (Lipinski definition) is 3. The fourth-order valence-corrected chi connectivity index (χ4v) is 1.77. The maximum absolute atomic E-state index is 12.6. The number of hydrogen-bond acceptors (Lipinski definition) is 4. The molecule has 117 valence electrons. The monoisotopic (exact) mass is 312 g/mol. The Hall–Kier alpha value is -2.58. The van der Waals surface area contributed by atoms with Crippen LogP contribution in [0.2, 0.25) is 0 Å². The summed E-state index contributed by atoms with van der Waals surface area (Å²) in [4.78, 5) is 17.8. The van der Waals surface area contributed by atoms with Gasteiger partial charge < -0.3 is 16.4 Å². The molecular formula is C13H13F3N5O. The first kappa shape index (κ1) is 15.8. The van der Waals surface area contributed by atoms with Gasteiger partial charge in [-0.05, 0) is 30.6 Å². The fraction of sp³-hybridized carbons (Fsp3) is 0.231. The molecule has 1 aliphatic rings. The lowest BCUT2D eigenvalue weighted by atomic mass is 10.0. The number of carbonyl (C=O) groups is 1. The van der Waals surface area contributed by atoms with Crippen molar-refractivity contribution in [3.63, 3.8) is 0 Å². The van der Waals surface area contributed by atoms with E-state index in [0.717, 1.165) is 17.8 Å². The number of alkyl halides is 3. The SMILES string of the molecule is NC(=O)NCC1=C[CH]CC(Nc2nccc(C(F)(F)F)n2)=C1. The van der Waals surface area contributed by atoms with Gasteiger partial charge in [-0.15, -0.1) is 0 Å². The second-order valence-electron chi connectivity index (χ2n) is 4.46. The number of amides is 2. The number of nitrogens with zero attached hydrogens (tertiary/aromatic N) is 2. The minimum atomic E-state index is -4.52. The molecule has 1 radical (unpaired) electrons. The van der Waals surface area contributed by atoms with Crippen molar-refractivity contribution >= 4 is 12.0 Å². The number of anilines is 1. The summed E-state index contributed by atoms with van der Waals surface area (Å²) in [5, 5.41) is 5.16. The van der Waals surface area contributed by atoms with Gasteiger partial charge in [0.15, 0.2) is 0 Å². The molecule has 2 amide bonds. The quantitative estimate of drug-likeness (QED) is 0.792. The van der Waals surface area contributed by atoms with Crippen molar-refractivity contribution in [2.45, 2.75) is 12.6 Å². The lowest BCUT2D eigenvalue weighted by molar-refractivity contribution is -0.141. The number of urea groups is 1. The summed E-state index contributed by atoms with van der Waals surface area (Å²) in [5.41, 5.74) is 5.32. The van der Waals surface area contributed by atoms with E-state index in [0.29, 0.717) is 12.1 Å². The number of rotatable bonds is 4. The van der Waals surface area contributed by atoms with Crippen molar-refractivity contribution in [3.8, 4) is 0 Å². The lowest BCUT2D eigenvalue weighted by Gasteiger charge is -2.15. The van der Waals surface area contributed by atoms with Crippen LogP contribution in [-0.2, 0) is 6.18 Å². The highest BCUT2D eigenvalue weighted by Gasteiger charge is 2.32. The van der Waals surface area contributed by atoms with Gasteiger partial charge in [0.25, 0.3) is 0 Å². The highest BCUT2D eigenvalue weighted by Crippen LogP contribution is 2.28. The van der Waals surface area contributed by atoms with Crippen molar-refractivity contribution < 1.29 is 18.0 Å². The number of halogens is 3. The van der Waals surface area contributed by atoms with Crippen molar-refractivity contribution in [1.82, 2.24) is 15.3 Å². The van der Waals surface area contributed by atoms with Crippen LogP contribution in [0.4, 0.5) is 23.9 Å². The van der Waals surface area contributed by atoms with E-state index in [1.807, 2.05) is 0 Å². The molecule has 9 heteroatoms. The highest BCUT2D eigenvalue weighted by molar-refractivity contribution is 5.72. The molecular weight excluding hydrogens is 299 g/mol. The molecule has 1 aromatic heterocycles. The second-order valence-corrected chi connectivity index (χ2v) is 4.46. The largest absolute Gasteiger partial charge is 0.433 e. The number of primary amides is 1. The van der Waals surface area contributed by atoms with E-state index in [1.54, 1.807) is 18.6 Å². The molecule has 0 saturated heterocycles. The molecule has 0 bridgehead atoms. The summed E-state index contributed by atoms with van der Waals surface area (Å²) in [5.74, 6) is -0.140. The van der Waals surface area contributed by atoms with E-state index < -0.39 is 17.9 Å². The van der Waals surface area contributed by atoms with Crippen LogP contribution >= 0.6 is 0 Å². The molecule has 0 aliphatic heterocycles. The summed E-state index contributed by atoms with van der Waals surface area (Å²) in [6.45, 7) is 0.223. The normalized spacial score (nSPS) is 14.9. The predicted octanol–water partition coefficient (Wildman–Crippen LogP) is 1.99. The molecule has 6 nitrogen and oxygen atoms in total. The summed E-state index contributed by atoms with van der Waals surface area (Å²) in [6, 6.07) is 0.143. The maximum atomic E-state index is 12.6. The van der Waals surface area contributed by atoms with Gasteiger partial charge in [-0.2, -0.15) is 13.2 Å². The number of carbonyl (C=O) groups excluding carboxylic acids is 1. The van der Waals surface area contributed by atoms with Crippen molar-refractivity contribution in [2.75, 3.05) is 11.9 Å². The standard InChI is InChI=1S/C13H13F3N5O/c14-13(15,16)10-4-5-18-12(21-10)20-9-3-1-2-8(6-9)7-19-11(17)22/h1-2,4-6H,3,7H2,(H3,17,19,22)(H,18,20,21). The van der Waals surface area contributed by atoms with Gasteiger partial charge in [-0.3, -0.25) is 0 Å². The number of allylic oxidation sites excluding steroid dienone is 2. The van der Waals surface area contributed by atoms with Gasteiger partial charge in [0.05, 0.1) is 0 Å². The van der Waals surface area contributed by atoms with E-state index in [2.05, 4.69) is 20.6 Å². The first-order valence-corrected chi connectivity index (χ1v) is 6.28. The highest BCUT2D eigenvalue weighted by atomic mass is 19.4. The molecule has 4 N–H and O–H groups in total. The average Bonchev–Trinajstić information content (AvgIpc) is 2.45. The van der Waals surface area contributed by atoms with Crippen LogP contribution < -0.4 is 16.4 Å². The molecule has 0 unspecified atom stereocenters. The zero-order valence-electron chi connectivity index (χ0n) is 11.3. The van der Waals surface area contributed by atoms with Crippen molar-refractivity contribution in [2.24, 2.45) is 5.73 Å². The van der Waals surface area contributed by atoms with Gasteiger partial charge >= 0.3 is 12.2 Å². The third-order valence-electron chi connectivity index (χ3n) is 2.71. The van der Waals surface area contributed by atoms with Crippen LogP contribution in [0.25, 0.3) is 0 Å². The van der Waals surface area contributed by atoms with E-state index in [-0.39, 0.29) is 12.5 Å². The summed E-state index contributed by atoms with van der Waals surface area (Å²) >= 11 is 0. The number of nitrogens with one attached hydrogen (secondary N) is 2. The minimum Gasteiger partial charge on any atom is -0.352 e. The molecule has 0 spiro atoms. The Morgan fingerprint density at radius 1 is 1.41 bits per heavy atom. The third kappa shape index (κ3) is 4.47. The van der Waals surface area contributed by atoms with E-state index in [4.69, 9.17) is 5.73 Å². The Balaban J connectivity index is 2.07. The Morgan fingerprint density at radius 2 is 2.18 bits per heavy atom. The Bertz CT molecular complexity index is 624. The Kier molecular flexibility index (Phi) is 4.64.